The van der Waals surface area contributed by atoms with Crippen LogP contribution in [0.2, 0.25) is 5.02 Å². The lowest BCUT2D eigenvalue weighted by Crippen LogP contribution is -2.15. The van der Waals surface area contributed by atoms with Gasteiger partial charge in [0.2, 0.25) is 0 Å². The third-order valence-corrected chi connectivity index (χ3v) is 4.67. The third-order valence-electron chi connectivity index (χ3n) is 4.34. The van der Waals surface area contributed by atoms with Gasteiger partial charge < -0.3 is 5.11 Å². The smallest absolute Gasteiger partial charge is 0.105 e. The fourth-order valence-corrected chi connectivity index (χ4v) is 2.69. The normalized spacial score (nSPS) is 13.2. The minimum Gasteiger partial charge on any atom is -0.384 e. The zero-order valence-corrected chi connectivity index (χ0v) is 13.9. The van der Waals surface area contributed by atoms with Crippen molar-refractivity contribution in [2.24, 2.45) is 0 Å². The molecular formula is C19H23ClO. The molecule has 1 unspecified atom stereocenters. The fraction of sp³-hybridized carbons (Fsp3) is 0.368. The number of benzene rings is 2. The summed E-state index contributed by atoms with van der Waals surface area (Å²) in [7, 11) is 0. The molecule has 21 heavy (non-hydrogen) atoms. The lowest BCUT2D eigenvalue weighted by molar-refractivity contribution is 0.220. The molecular weight excluding hydrogens is 280 g/mol. The van der Waals surface area contributed by atoms with Gasteiger partial charge in [-0.05, 0) is 41.5 Å². The van der Waals surface area contributed by atoms with Gasteiger partial charge in [0.05, 0.1) is 0 Å². The maximum Gasteiger partial charge on any atom is 0.105 e. The van der Waals surface area contributed by atoms with E-state index in [1.165, 1.54) is 5.56 Å². The highest BCUT2D eigenvalue weighted by molar-refractivity contribution is 6.31. The molecule has 0 saturated carbocycles. The van der Waals surface area contributed by atoms with Crippen molar-refractivity contribution in [2.45, 2.75) is 45.6 Å². The molecule has 1 N–H and O–H groups in total. The minimum atomic E-state index is -0.683. The van der Waals surface area contributed by atoms with Crippen molar-refractivity contribution in [3.05, 3.63) is 69.7 Å². The number of rotatable bonds is 4. The second-order valence-corrected chi connectivity index (χ2v) is 6.69. The van der Waals surface area contributed by atoms with Gasteiger partial charge in [-0.15, -0.1) is 0 Å². The van der Waals surface area contributed by atoms with Crippen LogP contribution < -0.4 is 0 Å². The Bertz CT molecular complexity index is 614. The molecule has 0 radical (unpaired) electrons. The predicted octanol–water partition coefficient (Wildman–Crippen LogP) is 5.42. The van der Waals surface area contributed by atoms with Crippen molar-refractivity contribution >= 4 is 11.6 Å². The molecule has 1 nitrogen and oxygen atoms in total. The summed E-state index contributed by atoms with van der Waals surface area (Å²) >= 11 is 6.24. The summed E-state index contributed by atoms with van der Waals surface area (Å²) in [6, 6.07) is 13.9. The maximum atomic E-state index is 10.5. The van der Waals surface area contributed by atoms with Crippen molar-refractivity contribution in [3.63, 3.8) is 0 Å². The van der Waals surface area contributed by atoms with Crippen LogP contribution in [0.1, 0.15) is 55.5 Å². The van der Waals surface area contributed by atoms with Crippen LogP contribution in [0, 0.1) is 6.92 Å². The quantitative estimate of drug-likeness (QED) is 0.799. The molecule has 0 saturated heterocycles. The van der Waals surface area contributed by atoms with E-state index in [9.17, 15) is 5.11 Å². The van der Waals surface area contributed by atoms with Crippen LogP contribution in [-0.2, 0) is 5.41 Å². The largest absolute Gasteiger partial charge is 0.384 e. The van der Waals surface area contributed by atoms with Gasteiger partial charge in [-0.1, -0.05) is 68.8 Å². The third kappa shape index (κ3) is 3.48. The Morgan fingerprint density at radius 2 is 1.71 bits per heavy atom. The SMILES string of the molecule is CCC(C)(C)c1ccc(C(O)c2ccc(C)cc2Cl)cc1. The molecule has 0 fully saturated rings. The van der Waals surface area contributed by atoms with E-state index in [1.54, 1.807) is 0 Å². The lowest BCUT2D eigenvalue weighted by Gasteiger charge is -2.24. The first kappa shape index (κ1) is 16.1. The summed E-state index contributed by atoms with van der Waals surface area (Å²) in [6.45, 7) is 8.64. The summed E-state index contributed by atoms with van der Waals surface area (Å²) in [5.74, 6) is 0. The van der Waals surface area contributed by atoms with Crippen molar-refractivity contribution in [3.8, 4) is 0 Å². The minimum absolute atomic E-state index is 0.158. The molecule has 2 heteroatoms. The van der Waals surface area contributed by atoms with Gasteiger partial charge in [-0.3, -0.25) is 0 Å². The van der Waals surface area contributed by atoms with E-state index in [1.807, 2.05) is 37.3 Å². The Labute approximate surface area is 132 Å². The molecule has 2 rings (SSSR count). The Morgan fingerprint density at radius 3 is 2.24 bits per heavy atom. The second-order valence-electron chi connectivity index (χ2n) is 6.29. The van der Waals surface area contributed by atoms with Crippen molar-refractivity contribution in [2.75, 3.05) is 0 Å². The van der Waals surface area contributed by atoms with Crippen molar-refractivity contribution in [1.29, 1.82) is 0 Å². The number of aliphatic hydroxyl groups is 1. The number of hydrogen-bond donors (Lipinski definition) is 1. The first-order valence-corrected chi connectivity index (χ1v) is 7.77. The first-order chi connectivity index (χ1) is 9.85. The standard InChI is InChI=1S/C19H23ClO/c1-5-19(3,4)15-9-7-14(8-10-15)18(21)16-11-6-13(2)12-17(16)20/h6-12,18,21H,5H2,1-4H3. The van der Waals surface area contributed by atoms with Gasteiger partial charge in [0.15, 0.2) is 0 Å². The van der Waals surface area contributed by atoms with Crippen LogP contribution in [0.25, 0.3) is 0 Å². The monoisotopic (exact) mass is 302 g/mol. The Morgan fingerprint density at radius 1 is 1.10 bits per heavy atom. The van der Waals surface area contributed by atoms with Crippen LogP contribution in [0.3, 0.4) is 0 Å². The van der Waals surface area contributed by atoms with E-state index < -0.39 is 6.10 Å². The predicted molar refractivity (Wildman–Crippen MR) is 90.0 cm³/mol. The maximum absolute atomic E-state index is 10.5. The van der Waals surface area contributed by atoms with E-state index in [0.29, 0.717) is 5.02 Å². The van der Waals surface area contributed by atoms with Crippen LogP contribution in [-0.4, -0.2) is 5.11 Å². The Balaban J connectivity index is 2.30. The van der Waals surface area contributed by atoms with E-state index in [-0.39, 0.29) is 5.41 Å². The van der Waals surface area contributed by atoms with Crippen LogP contribution in [0.15, 0.2) is 42.5 Å². The van der Waals surface area contributed by atoms with Gasteiger partial charge in [0.1, 0.15) is 6.10 Å². The number of hydrogen-bond acceptors (Lipinski definition) is 1. The van der Waals surface area contributed by atoms with E-state index in [0.717, 1.165) is 23.1 Å². The lowest BCUT2D eigenvalue weighted by atomic mass is 9.81. The van der Waals surface area contributed by atoms with E-state index in [4.69, 9.17) is 11.6 Å². The Kier molecular flexibility index (Phi) is 4.75. The number of aryl methyl sites for hydroxylation is 1. The molecule has 112 valence electrons. The van der Waals surface area contributed by atoms with E-state index in [2.05, 4.69) is 32.9 Å². The molecule has 0 aliphatic rings. The second kappa shape index (κ2) is 6.21. The molecule has 0 bridgehead atoms. The van der Waals surface area contributed by atoms with Crippen molar-refractivity contribution in [1.82, 2.24) is 0 Å². The summed E-state index contributed by atoms with van der Waals surface area (Å²) in [4.78, 5) is 0. The molecule has 0 spiro atoms. The molecule has 0 amide bonds. The summed E-state index contributed by atoms with van der Waals surface area (Å²) in [6.07, 6.45) is 0.399. The molecule has 0 heterocycles. The number of aliphatic hydroxyl groups excluding tert-OH is 1. The van der Waals surface area contributed by atoms with Crippen LogP contribution in [0.5, 0.6) is 0 Å². The molecule has 0 aliphatic heterocycles. The summed E-state index contributed by atoms with van der Waals surface area (Å²) < 4.78 is 0. The molecule has 2 aromatic carbocycles. The fourth-order valence-electron chi connectivity index (χ4n) is 2.35. The Hall–Kier alpha value is -1.31. The van der Waals surface area contributed by atoms with Crippen molar-refractivity contribution < 1.29 is 5.11 Å². The molecule has 1 atom stereocenters. The van der Waals surface area contributed by atoms with Gasteiger partial charge in [-0.2, -0.15) is 0 Å². The van der Waals surface area contributed by atoms with Gasteiger partial charge in [0, 0.05) is 10.6 Å². The molecule has 0 aliphatic carbocycles. The summed E-state index contributed by atoms with van der Waals surface area (Å²) in [5.41, 5.74) is 4.17. The van der Waals surface area contributed by atoms with Crippen LogP contribution in [0.4, 0.5) is 0 Å². The first-order valence-electron chi connectivity index (χ1n) is 7.39. The highest BCUT2D eigenvalue weighted by Gasteiger charge is 2.19. The number of halogens is 1. The van der Waals surface area contributed by atoms with Gasteiger partial charge in [0.25, 0.3) is 0 Å². The van der Waals surface area contributed by atoms with E-state index >= 15 is 0 Å². The highest BCUT2D eigenvalue weighted by atomic mass is 35.5. The van der Waals surface area contributed by atoms with Gasteiger partial charge in [-0.25, -0.2) is 0 Å². The zero-order chi connectivity index (χ0) is 15.6. The molecule has 2 aromatic rings. The highest BCUT2D eigenvalue weighted by Crippen LogP contribution is 2.31. The molecule has 0 aromatic heterocycles. The van der Waals surface area contributed by atoms with Gasteiger partial charge >= 0.3 is 0 Å². The topological polar surface area (TPSA) is 20.2 Å². The average Bonchev–Trinajstić information content (AvgIpc) is 2.47. The zero-order valence-electron chi connectivity index (χ0n) is 13.2. The average molecular weight is 303 g/mol. The van der Waals surface area contributed by atoms with Crippen LogP contribution >= 0.6 is 11.6 Å². The summed E-state index contributed by atoms with van der Waals surface area (Å²) in [5, 5.41) is 11.1.